The molecule has 40 heavy (non-hydrogen) atoms. The Bertz CT molecular complexity index is 1300. The second kappa shape index (κ2) is 14.0. The largest absolute Gasteiger partial charge is 0.392 e. The molecule has 1 amide bonds. The predicted octanol–water partition coefficient (Wildman–Crippen LogP) is 6.50. The third kappa shape index (κ3) is 8.30. The highest BCUT2D eigenvalue weighted by atomic mass is 35.6. The summed E-state index contributed by atoms with van der Waals surface area (Å²) in [6.45, 7) is 5.57. The maximum Gasteiger partial charge on any atom is 0.272 e. The third-order valence-electron chi connectivity index (χ3n) is 6.70. The van der Waals surface area contributed by atoms with Crippen LogP contribution < -0.4 is 5.32 Å². The van der Waals surface area contributed by atoms with Crippen molar-refractivity contribution in [2.75, 3.05) is 20.1 Å². The molecule has 1 aliphatic rings. The van der Waals surface area contributed by atoms with Gasteiger partial charge >= 0.3 is 0 Å². The van der Waals surface area contributed by atoms with Crippen molar-refractivity contribution in [1.29, 1.82) is 0 Å². The van der Waals surface area contributed by atoms with E-state index in [9.17, 15) is 9.90 Å². The quantitative estimate of drug-likeness (QED) is 0.205. The zero-order valence-corrected chi connectivity index (χ0v) is 24.5. The van der Waals surface area contributed by atoms with Gasteiger partial charge in [-0.05, 0) is 47.0 Å². The van der Waals surface area contributed by atoms with Crippen LogP contribution in [0.4, 0.5) is 0 Å². The molecule has 0 saturated carbocycles. The van der Waals surface area contributed by atoms with E-state index in [1.54, 1.807) is 0 Å². The smallest absolute Gasteiger partial charge is 0.272 e. The molecule has 1 heterocycles. The number of carbonyl (C=O) groups is 1. The number of aliphatic hydroxyl groups excluding tert-OH is 1. The van der Waals surface area contributed by atoms with Gasteiger partial charge in [-0.15, -0.1) is 6.58 Å². The van der Waals surface area contributed by atoms with Crippen LogP contribution in [0, 0.1) is 0 Å². The molecule has 0 bridgehead atoms. The third-order valence-corrected chi connectivity index (χ3v) is 7.22. The predicted molar refractivity (Wildman–Crippen MR) is 160 cm³/mol. The average molecular weight is 604 g/mol. The Balaban J connectivity index is 1.56. The lowest BCUT2D eigenvalue weighted by Crippen LogP contribution is -2.37. The summed E-state index contributed by atoms with van der Waals surface area (Å²) in [4.78, 5) is 14.1. The fraction of sp³-hybridized carbons (Fsp3) is 0.323. The number of aliphatic hydroxyl groups is 1. The van der Waals surface area contributed by atoms with Crippen LogP contribution in [-0.4, -0.2) is 45.9 Å². The van der Waals surface area contributed by atoms with Gasteiger partial charge in [0.2, 0.25) is 0 Å². The van der Waals surface area contributed by atoms with Gasteiger partial charge in [-0.2, -0.15) is 0 Å². The zero-order valence-electron chi connectivity index (χ0n) is 22.2. The molecular weight excluding hydrogens is 571 g/mol. The molecule has 0 radical (unpaired) electrons. The number of rotatable bonds is 10. The Labute approximate surface area is 250 Å². The molecule has 0 unspecified atom stereocenters. The molecule has 3 aromatic rings. The Morgan fingerprint density at radius 2 is 1.73 bits per heavy atom. The number of halogens is 3. The summed E-state index contributed by atoms with van der Waals surface area (Å²) in [6, 6.07) is 23.7. The second-order valence-corrected chi connectivity index (χ2v) is 12.1. The molecular formula is C31H33Cl3N2O4. The zero-order chi connectivity index (χ0) is 28.7. The van der Waals surface area contributed by atoms with Gasteiger partial charge in [-0.1, -0.05) is 102 Å². The number of ether oxygens (including phenoxy) is 2. The summed E-state index contributed by atoms with van der Waals surface area (Å²) in [6.07, 6.45) is 1.80. The molecule has 4 rings (SSSR count). The van der Waals surface area contributed by atoms with Crippen LogP contribution in [0.5, 0.6) is 0 Å². The Morgan fingerprint density at radius 3 is 2.40 bits per heavy atom. The van der Waals surface area contributed by atoms with Crippen molar-refractivity contribution in [2.24, 2.45) is 0 Å². The van der Waals surface area contributed by atoms with Gasteiger partial charge in [0.25, 0.3) is 9.70 Å². The molecule has 3 atom stereocenters. The normalized spacial score (nSPS) is 19.4. The van der Waals surface area contributed by atoms with Gasteiger partial charge in [0.1, 0.15) is 0 Å². The van der Waals surface area contributed by atoms with Crippen molar-refractivity contribution in [3.05, 3.63) is 108 Å². The molecule has 0 aliphatic carbocycles. The molecule has 1 aliphatic heterocycles. The van der Waals surface area contributed by atoms with Gasteiger partial charge in [0, 0.05) is 31.6 Å². The first-order chi connectivity index (χ1) is 19.2. The number of nitrogens with zero attached hydrogens (tertiary/aromatic N) is 1. The summed E-state index contributed by atoms with van der Waals surface area (Å²) in [7, 11) is 2.05. The minimum atomic E-state index is -2.01. The van der Waals surface area contributed by atoms with Crippen molar-refractivity contribution >= 4 is 40.7 Å². The van der Waals surface area contributed by atoms with Crippen LogP contribution in [-0.2, 0) is 27.4 Å². The van der Waals surface area contributed by atoms with Crippen LogP contribution in [0.3, 0.4) is 0 Å². The average Bonchev–Trinajstić information content (AvgIpc) is 2.95. The number of benzene rings is 3. The van der Waals surface area contributed by atoms with E-state index in [0.29, 0.717) is 6.42 Å². The minimum absolute atomic E-state index is 0.000218. The van der Waals surface area contributed by atoms with Crippen LogP contribution in [0.2, 0.25) is 0 Å². The van der Waals surface area contributed by atoms with Gasteiger partial charge in [-0.3, -0.25) is 4.79 Å². The summed E-state index contributed by atoms with van der Waals surface area (Å²) in [5.74, 6) is -0.676. The molecule has 0 spiro atoms. The molecule has 0 aromatic heterocycles. The minimum Gasteiger partial charge on any atom is -0.392 e. The fourth-order valence-corrected chi connectivity index (χ4v) is 4.88. The van der Waals surface area contributed by atoms with E-state index in [1.807, 2.05) is 79.9 Å². The topological polar surface area (TPSA) is 71.0 Å². The molecule has 1 saturated heterocycles. The number of hydrogen-bond donors (Lipinski definition) is 2. The number of hydrogen-bond acceptors (Lipinski definition) is 5. The Morgan fingerprint density at radius 1 is 1.02 bits per heavy atom. The first-order valence-corrected chi connectivity index (χ1v) is 14.1. The van der Waals surface area contributed by atoms with Gasteiger partial charge in [-0.25, -0.2) is 0 Å². The van der Waals surface area contributed by atoms with Crippen molar-refractivity contribution < 1.29 is 19.4 Å². The molecule has 212 valence electrons. The first kappa shape index (κ1) is 30.5. The Kier molecular flexibility index (Phi) is 10.7. The van der Waals surface area contributed by atoms with E-state index in [4.69, 9.17) is 44.3 Å². The van der Waals surface area contributed by atoms with Crippen LogP contribution in [0.1, 0.15) is 41.1 Å². The monoisotopic (exact) mass is 602 g/mol. The highest BCUT2D eigenvalue weighted by Gasteiger charge is 2.33. The number of carbonyl (C=O) groups excluding carboxylic acids is 1. The number of likely N-dealkylation sites (N-methyl/N-ethyl adjacent to an activating group) is 1. The summed E-state index contributed by atoms with van der Waals surface area (Å²) >= 11 is 17.0. The lowest BCUT2D eigenvalue weighted by Gasteiger charge is -2.37. The number of nitrogens with one attached hydrogen (secondary N) is 1. The highest BCUT2D eigenvalue weighted by molar-refractivity contribution is 6.76. The van der Waals surface area contributed by atoms with Crippen LogP contribution >= 0.6 is 34.8 Å². The summed E-state index contributed by atoms with van der Waals surface area (Å²) in [5.41, 5.74) is 5.62. The molecule has 9 heteroatoms. The summed E-state index contributed by atoms with van der Waals surface area (Å²) < 4.78 is 11.0. The van der Waals surface area contributed by atoms with E-state index >= 15 is 0 Å². The van der Waals surface area contributed by atoms with Crippen molar-refractivity contribution in [2.45, 2.75) is 41.9 Å². The molecule has 1 fully saturated rings. The second-order valence-electron chi connectivity index (χ2n) is 9.87. The van der Waals surface area contributed by atoms with Gasteiger partial charge < -0.3 is 24.8 Å². The maximum atomic E-state index is 11.9. The van der Waals surface area contributed by atoms with E-state index in [-0.39, 0.29) is 25.4 Å². The molecule has 3 aromatic carbocycles. The first-order valence-electron chi connectivity index (χ1n) is 13.0. The summed E-state index contributed by atoms with van der Waals surface area (Å²) in [5, 5.41) is 12.1. The lowest BCUT2D eigenvalue weighted by atomic mass is 9.98. The fourth-order valence-electron chi connectivity index (χ4n) is 4.68. The molecule has 6 nitrogen and oxygen atoms in total. The van der Waals surface area contributed by atoms with E-state index < -0.39 is 16.0 Å². The maximum absolute atomic E-state index is 11.9. The standard InChI is InChI=1S/C31H33Cl3N2O4/c1-3-14-36(2)19-27-17-28(23-12-10-21(20-37)11-13-23)40-29(39-27)26-9-5-8-25(16-26)24-7-4-6-22(15-24)18-35-30(38)31(32,33)34/h3-13,15-16,27-29,37H,1,14,17-20H2,2H3,(H,35,38)/t27-,28+,29+/m1/s1. The van der Waals surface area contributed by atoms with Crippen molar-refractivity contribution in [3.63, 3.8) is 0 Å². The van der Waals surface area contributed by atoms with Crippen molar-refractivity contribution in [3.8, 4) is 11.1 Å². The lowest BCUT2D eigenvalue weighted by molar-refractivity contribution is -0.252. The number of amides is 1. The van der Waals surface area contributed by atoms with E-state index in [2.05, 4.69) is 22.9 Å². The Hall–Kier alpha value is -2.42. The van der Waals surface area contributed by atoms with Crippen LogP contribution in [0.25, 0.3) is 11.1 Å². The van der Waals surface area contributed by atoms with Gasteiger partial charge in [0.05, 0.1) is 18.8 Å². The van der Waals surface area contributed by atoms with Crippen LogP contribution in [0.15, 0.2) is 85.5 Å². The van der Waals surface area contributed by atoms with Gasteiger partial charge in [0.15, 0.2) is 6.29 Å². The molecule has 2 N–H and O–H groups in total. The van der Waals surface area contributed by atoms with Crippen molar-refractivity contribution in [1.82, 2.24) is 10.2 Å². The number of alkyl halides is 3. The van der Waals surface area contributed by atoms with E-state index in [0.717, 1.165) is 46.5 Å². The van der Waals surface area contributed by atoms with E-state index in [1.165, 1.54) is 0 Å². The SMILES string of the molecule is C=CCN(C)C[C@H]1C[C@@H](c2ccc(CO)cc2)O[C@@H](c2cccc(-c3cccc(CNC(=O)C(Cl)(Cl)Cl)c3)c2)O1. The highest BCUT2D eigenvalue weighted by Crippen LogP contribution is 2.39.